The minimum absolute atomic E-state index is 0.101. The molecule has 2 rings (SSSR count). The molecule has 1 heterocycles. The van der Waals surface area contributed by atoms with Crippen molar-refractivity contribution in [2.45, 2.75) is 24.8 Å². The number of hydrogen-bond donors (Lipinski definition) is 1. The number of nitrogens with zero attached hydrogens (tertiary/aromatic N) is 4. The lowest BCUT2D eigenvalue weighted by atomic mass is 9.75. The molecule has 1 fully saturated rings. The summed E-state index contributed by atoms with van der Waals surface area (Å²) in [6.45, 7) is 0.786. The molecular formula is C10H15Cl2N5. The molecule has 94 valence electrons. The molecule has 0 bridgehead atoms. The molecule has 0 aromatic carbocycles. The van der Waals surface area contributed by atoms with E-state index in [-0.39, 0.29) is 16.0 Å². The van der Waals surface area contributed by atoms with Gasteiger partial charge in [-0.3, -0.25) is 0 Å². The molecule has 17 heavy (non-hydrogen) atoms. The fraction of sp³-hybridized carbons (Fsp3) is 0.700. The zero-order valence-corrected chi connectivity index (χ0v) is 11.4. The van der Waals surface area contributed by atoms with Gasteiger partial charge in [0.05, 0.1) is 0 Å². The van der Waals surface area contributed by atoms with Gasteiger partial charge >= 0.3 is 0 Å². The summed E-state index contributed by atoms with van der Waals surface area (Å²) in [6, 6.07) is 0. The molecule has 1 aromatic heterocycles. The molecule has 0 saturated heterocycles. The Balaban J connectivity index is 2.04. The van der Waals surface area contributed by atoms with E-state index in [4.69, 9.17) is 23.2 Å². The average molecular weight is 276 g/mol. The van der Waals surface area contributed by atoms with E-state index in [0.717, 1.165) is 6.54 Å². The van der Waals surface area contributed by atoms with Crippen molar-refractivity contribution in [3.8, 4) is 0 Å². The summed E-state index contributed by atoms with van der Waals surface area (Å²) in [7, 11) is 4.18. The van der Waals surface area contributed by atoms with E-state index in [9.17, 15) is 0 Å². The number of halogens is 2. The average Bonchev–Trinajstić information content (AvgIpc) is 2.21. The van der Waals surface area contributed by atoms with Crippen LogP contribution in [0.3, 0.4) is 0 Å². The Morgan fingerprint density at radius 1 is 1.29 bits per heavy atom. The van der Waals surface area contributed by atoms with Crippen LogP contribution in [0.15, 0.2) is 0 Å². The van der Waals surface area contributed by atoms with Crippen molar-refractivity contribution in [2.75, 3.05) is 26.0 Å². The van der Waals surface area contributed by atoms with Gasteiger partial charge in [-0.15, -0.1) is 10.2 Å². The summed E-state index contributed by atoms with van der Waals surface area (Å²) in [5.74, 6) is 0.500. The molecule has 0 unspecified atom stereocenters. The van der Waals surface area contributed by atoms with E-state index in [2.05, 4.69) is 39.5 Å². The molecule has 1 aliphatic carbocycles. The van der Waals surface area contributed by atoms with E-state index in [1.165, 1.54) is 19.3 Å². The third-order valence-electron chi connectivity index (χ3n) is 3.44. The normalized spacial score (nSPS) is 17.9. The lowest BCUT2D eigenvalue weighted by Crippen LogP contribution is -2.54. The van der Waals surface area contributed by atoms with E-state index in [1.54, 1.807) is 0 Å². The van der Waals surface area contributed by atoms with E-state index in [0.29, 0.717) is 5.82 Å². The Morgan fingerprint density at radius 2 is 2.00 bits per heavy atom. The summed E-state index contributed by atoms with van der Waals surface area (Å²) in [5, 5.41) is 10.8. The smallest absolute Gasteiger partial charge is 0.245 e. The van der Waals surface area contributed by atoms with Gasteiger partial charge in [-0.1, -0.05) is 11.6 Å². The number of anilines is 1. The number of aromatic nitrogens is 3. The third kappa shape index (κ3) is 2.61. The SMILES string of the molecule is CN(C)C1(CNc2nc(Cl)nnc2Cl)CCC1. The predicted molar refractivity (Wildman–Crippen MR) is 68.6 cm³/mol. The number of likely N-dealkylation sites (N-methyl/N-ethyl adjacent to an activating group) is 1. The molecule has 0 amide bonds. The second kappa shape index (κ2) is 4.92. The van der Waals surface area contributed by atoms with Crippen LogP contribution < -0.4 is 5.32 Å². The highest BCUT2D eigenvalue weighted by Gasteiger charge is 2.38. The second-order valence-electron chi connectivity index (χ2n) is 4.55. The summed E-state index contributed by atoms with van der Waals surface area (Å²) in [6.07, 6.45) is 3.62. The van der Waals surface area contributed by atoms with Crippen LogP contribution in [-0.4, -0.2) is 46.3 Å². The van der Waals surface area contributed by atoms with Crippen LogP contribution in [-0.2, 0) is 0 Å². The van der Waals surface area contributed by atoms with E-state index < -0.39 is 0 Å². The van der Waals surface area contributed by atoms with Crippen molar-refractivity contribution >= 4 is 29.0 Å². The topological polar surface area (TPSA) is 53.9 Å². The fourth-order valence-electron chi connectivity index (χ4n) is 2.02. The molecular weight excluding hydrogens is 261 g/mol. The molecule has 0 atom stereocenters. The first-order valence-corrected chi connectivity index (χ1v) is 6.26. The molecule has 0 radical (unpaired) electrons. The Hall–Kier alpha value is -0.650. The summed E-state index contributed by atoms with van der Waals surface area (Å²) < 4.78 is 0. The number of nitrogens with one attached hydrogen (secondary N) is 1. The van der Waals surface area contributed by atoms with Crippen molar-refractivity contribution in [3.05, 3.63) is 10.4 Å². The maximum Gasteiger partial charge on any atom is 0.245 e. The van der Waals surface area contributed by atoms with Gasteiger partial charge in [0.2, 0.25) is 5.28 Å². The van der Waals surface area contributed by atoms with Gasteiger partial charge in [-0.25, -0.2) is 0 Å². The predicted octanol–water partition coefficient (Wildman–Crippen LogP) is 2.07. The van der Waals surface area contributed by atoms with Crippen molar-refractivity contribution in [2.24, 2.45) is 0 Å². The van der Waals surface area contributed by atoms with Crippen LogP contribution >= 0.6 is 23.2 Å². The molecule has 7 heteroatoms. The number of hydrogen-bond acceptors (Lipinski definition) is 5. The van der Waals surface area contributed by atoms with Gasteiger partial charge in [-0.2, -0.15) is 4.98 Å². The van der Waals surface area contributed by atoms with Gasteiger partial charge in [-0.05, 0) is 45.0 Å². The standard InChI is InChI=1S/C10H15Cl2N5/c1-17(2)10(4-3-5-10)6-13-8-7(11)15-16-9(12)14-8/h3-6H2,1-2H3,(H,13,14,16). The molecule has 1 N–H and O–H groups in total. The van der Waals surface area contributed by atoms with Crippen LogP contribution in [0.5, 0.6) is 0 Å². The lowest BCUT2D eigenvalue weighted by Gasteiger charge is -2.47. The van der Waals surface area contributed by atoms with E-state index in [1.807, 2.05) is 0 Å². The van der Waals surface area contributed by atoms with Crippen molar-refractivity contribution in [1.29, 1.82) is 0 Å². The highest BCUT2D eigenvalue weighted by atomic mass is 35.5. The quantitative estimate of drug-likeness (QED) is 0.912. The summed E-state index contributed by atoms with van der Waals surface area (Å²) in [5.41, 5.74) is 0.195. The Kier molecular flexibility index (Phi) is 3.70. The van der Waals surface area contributed by atoms with Gasteiger partial charge in [0.1, 0.15) is 0 Å². The first kappa shape index (κ1) is 12.8. The van der Waals surface area contributed by atoms with Gasteiger partial charge in [0, 0.05) is 12.1 Å². The lowest BCUT2D eigenvalue weighted by molar-refractivity contribution is 0.0738. The maximum absolute atomic E-state index is 5.89. The zero-order valence-electron chi connectivity index (χ0n) is 9.87. The van der Waals surface area contributed by atoms with Crippen LogP contribution in [0.25, 0.3) is 0 Å². The summed E-state index contributed by atoms with van der Waals surface area (Å²) >= 11 is 11.6. The third-order valence-corrected chi connectivity index (χ3v) is 3.85. The van der Waals surface area contributed by atoms with Gasteiger partial charge in [0.25, 0.3) is 0 Å². The Labute approximate surface area is 111 Å². The minimum atomic E-state index is 0.101. The van der Waals surface area contributed by atoms with Gasteiger partial charge in [0.15, 0.2) is 11.0 Å². The first-order chi connectivity index (χ1) is 8.03. The van der Waals surface area contributed by atoms with Crippen molar-refractivity contribution in [1.82, 2.24) is 20.1 Å². The van der Waals surface area contributed by atoms with E-state index >= 15 is 0 Å². The molecule has 1 saturated carbocycles. The molecule has 1 aromatic rings. The first-order valence-electron chi connectivity index (χ1n) is 5.50. The van der Waals surface area contributed by atoms with Crippen molar-refractivity contribution in [3.63, 3.8) is 0 Å². The van der Waals surface area contributed by atoms with Crippen LogP contribution in [0.4, 0.5) is 5.82 Å². The maximum atomic E-state index is 5.89. The molecule has 0 aliphatic heterocycles. The zero-order chi connectivity index (χ0) is 12.5. The largest absolute Gasteiger partial charge is 0.365 e. The van der Waals surface area contributed by atoms with Crippen molar-refractivity contribution < 1.29 is 0 Å². The van der Waals surface area contributed by atoms with Gasteiger partial charge < -0.3 is 10.2 Å². The Bertz CT molecular complexity index is 406. The molecule has 1 aliphatic rings. The number of rotatable bonds is 4. The monoisotopic (exact) mass is 275 g/mol. The highest BCUT2D eigenvalue weighted by molar-refractivity contribution is 6.32. The minimum Gasteiger partial charge on any atom is -0.365 e. The van der Waals surface area contributed by atoms with Crippen LogP contribution in [0, 0.1) is 0 Å². The van der Waals surface area contributed by atoms with Crippen LogP contribution in [0.2, 0.25) is 10.4 Å². The van der Waals surface area contributed by atoms with Crippen LogP contribution in [0.1, 0.15) is 19.3 Å². The second-order valence-corrected chi connectivity index (χ2v) is 5.24. The Morgan fingerprint density at radius 3 is 2.53 bits per heavy atom. The molecule has 0 spiro atoms. The fourth-order valence-corrected chi connectivity index (χ4v) is 2.29. The molecule has 5 nitrogen and oxygen atoms in total. The highest BCUT2D eigenvalue weighted by Crippen LogP contribution is 2.36. The summed E-state index contributed by atoms with van der Waals surface area (Å²) in [4.78, 5) is 6.27.